The molecule has 2 heterocycles. The minimum Gasteiger partial charge on any atom is -0.383 e. The molecule has 5 heteroatoms. The van der Waals surface area contributed by atoms with Gasteiger partial charge in [-0.1, -0.05) is 0 Å². The summed E-state index contributed by atoms with van der Waals surface area (Å²) in [5, 5.41) is 9.80. The topological polar surface area (TPSA) is 80.5 Å². The first-order valence-electron chi connectivity index (χ1n) is 6.65. The van der Waals surface area contributed by atoms with Crippen molar-refractivity contribution in [3.63, 3.8) is 0 Å². The first kappa shape index (κ1) is 13.1. The number of anilines is 1. The van der Waals surface area contributed by atoms with Gasteiger partial charge in [-0.2, -0.15) is 5.26 Å². The van der Waals surface area contributed by atoms with Gasteiger partial charge in [0.25, 0.3) is 0 Å². The lowest BCUT2D eigenvalue weighted by Crippen LogP contribution is -2.01. The lowest BCUT2D eigenvalue weighted by molar-refractivity contribution is 0.995. The molecule has 0 aliphatic heterocycles. The number of nitrogens with zero attached hydrogens (tertiary/aromatic N) is 4. The van der Waals surface area contributed by atoms with E-state index >= 15 is 0 Å². The largest absolute Gasteiger partial charge is 0.383 e. The van der Waals surface area contributed by atoms with Crippen LogP contribution in [0.15, 0.2) is 24.3 Å². The van der Waals surface area contributed by atoms with Gasteiger partial charge in [-0.25, -0.2) is 9.97 Å². The molecule has 104 valence electrons. The Morgan fingerprint density at radius 2 is 1.76 bits per heavy atom. The zero-order valence-corrected chi connectivity index (χ0v) is 12.2. The Balaban J connectivity index is 2.36. The number of rotatable bonds is 1. The maximum absolute atomic E-state index is 8.91. The van der Waals surface area contributed by atoms with Crippen molar-refractivity contribution in [2.75, 3.05) is 5.73 Å². The van der Waals surface area contributed by atoms with Crippen LogP contribution in [0.2, 0.25) is 0 Å². The Morgan fingerprint density at radius 1 is 1.10 bits per heavy atom. The number of aryl methyl sites for hydroxylation is 2. The molecular weight excluding hydrogens is 262 g/mol. The van der Waals surface area contributed by atoms with Gasteiger partial charge in [0.05, 0.1) is 17.0 Å². The molecular formula is C16H15N5. The third kappa shape index (κ3) is 1.93. The number of fused-ring (bicyclic) bond motifs is 1. The molecule has 5 nitrogen and oxygen atoms in total. The van der Waals surface area contributed by atoms with Gasteiger partial charge in [0.2, 0.25) is 0 Å². The van der Waals surface area contributed by atoms with E-state index in [1.807, 2.05) is 32.9 Å². The number of benzene rings is 1. The third-order valence-electron chi connectivity index (χ3n) is 3.75. The third-order valence-corrected chi connectivity index (χ3v) is 3.75. The summed E-state index contributed by atoms with van der Waals surface area (Å²) in [5.41, 5.74) is 10.6. The van der Waals surface area contributed by atoms with Crippen molar-refractivity contribution in [2.24, 2.45) is 0 Å². The lowest BCUT2D eigenvalue weighted by Gasteiger charge is -2.08. The van der Waals surface area contributed by atoms with E-state index in [1.165, 1.54) is 0 Å². The number of nitrogens with two attached hydrogens (primary N) is 1. The van der Waals surface area contributed by atoms with Gasteiger partial charge in [-0.3, -0.25) is 4.57 Å². The van der Waals surface area contributed by atoms with E-state index in [0.29, 0.717) is 17.2 Å². The molecule has 0 bridgehead atoms. The van der Waals surface area contributed by atoms with Crippen LogP contribution >= 0.6 is 0 Å². The first-order chi connectivity index (χ1) is 10.0. The van der Waals surface area contributed by atoms with Crippen molar-refractivity contribution < 1.29 is 0 Å². The van der Waals surface area contributed by atoms with Crippen LogP contribution in [0, 0.1) is 32.1 Å². The Bertz CT molecular complexity index is 882. The number of hydrogen-bond donors (Lipinski definition) is 1. The Morgan fingerprint density at radius 3 is 2.38 bits per heavy atom. The predicted octanol–water partition coefficient (Wildman–Crippen LogP) is 2.80. The van der Waals surface area contributed by atoms with Gasteiger partial charge < -0.3 is 5.73 Å². The normalized spacial score (nSPS) is 10.8. The average Bonchev–Trinajstić information content (AvgIpc) is 2.71. The highest BCUT2D eigenvalue weighted by atomic mass is 15.1. The molecule has 3 rings (SSSR count). The molecule has 0 spiro atoms. The minimum absolute atomic E-state index is 0.505. The van der Waals surface area contributed by atoms with Crippen LogP contribution in [0.1, 0.15) is 22.6 Å². The molecule has 2 N–H and O–H groups in total. The van der Waals surface area contributed by atoms with E-state index in [9.17, 15) is 0 Å². The molecule has 21 heavy (non-hydrogen) atoms. The van der Waals surface area contributed by atoms with E-state index in [-0.39, 0.29) is 0 Å². The molecule has 0 amide bonds. The second-order valence-corrected chi connectivity index (χ2v) is 5.06. The fourth-order valence-corrected chi connectivity index (χ4v) is 2.61. The highest BCUT2D eigenvalue weighted by Gasteiger charge is 2.17. The van der Waals surface area contributed by atoms with Gasteiger partial charge in [0.15, 0.2) is 5.65 Å². The van der Waals surface area contributed by atoms with E-state index < -0.39 is 0 Å². The number of aromatic nitrogens is 3. The quantitative estimate of drug-likeness (QED) is 0.741. The molecule has 0 atom stereocenters. The van der Waals surface area contributed by atoms with Crippen LogP contribution < -0.4 is 5.73 Å². The summed E-state index contributed by atoms with van der Waals surface area (Å²) in [6.45, 7) is 5.88. The molecule has 0 fully saturated rings. The zero-order valence-electron chi connectivity index (χ0n) is 12.2. The molecule has 0 aliphatic carbocycles. The van der Waals surface area contributed by atoms with Gasteiger partial charge in [-0.15, -0.1) is 0 Å². The van der Waals surface area contributed by atoms with E-state index in [4.69, 9.17) is 11.0 Å². The van der Waals surface area contributed by atoms with Crippen LogP contribution in [0.4, 0.5) is 5.82 Å². The van der Waals surface area contributed by atoms with Crippen LogP contribution in [-0.2, 0) is 0 Å². The highest BCUT2D eigenvalue weighted by Crippen LogP contribution is 2.30. The standard InChI is InChI=1S/C16H15N5/c1-9-10(2)21(13-6-4-12(8-17)5-7-13)16-14(9)15(18)19-11(3)20-16/h4-7H,1-3H3,(H2,18,19,20). The van der Waals surface area contributed by atoms with Crippen molar-refractivity contribution >= 4 is 16.9 Å². The van der Waals surface area contributed by atoms with Gasteiger partial charge >= 0.3 is 0 Å². The van der Waals surface area contributed by atoms with E-state index in [0.717, 1.165) is 28.0 Å². The zero-order chi connectivity index (χ0) is 15.1. The van der Waals surface area contributed by atoms with Gasteiger partial charge in [-0.05, 0) is 50.6 Å². The smallest absolute Gasteiger partial charge is 0.150 e. The van der Waals surface area contributed by atoms with Crippen LogP contribution in [-0.4, -0.2) is 14.5 Å². The second kappa shape index (κ2) is 4.60. The molecule has 1 aromatic carbocycles. The predicted molar refractivity (Wildman–Crippen MR) is 82.2 cm³/mol. The van der Waals surface area contributed by atoms with Crippen molar-refractivity contribution in [1.82, 2.24) is 14.5 Å². The fourth-order valence-electron chi connectivity index (χ4n) is 2.61. The summed E-state index contributed by atoms with van der Waals surface area (Å²) in [4.78, 5) is 8.79. The second-order valence-electron chi connectivity index (χ2n) is 5.06. The molecule has 0 saturated heterocycles. The van der Waals surface area contributed by atoms with E-state index in [1.54, 1.807) is 12.1 Å². The van der Waals surface area contributed by atoms with Crippen molar-refractivity contribution in [3.8, 4) is 11.8 Å². The van der Waals surface area contributed by atoms with Gasteiger partial charge in [0.1, 0.15) is 11.6 Å². The summed E-state index contributed by atoms with van der Waals surface area (Å²) >= 11 is 0. The van der Waals surface area contributed by atoms with Gasteiger partial charge in [0, 0.05) is 11.4 Å². The highest BCUT2D eigenvalue weighted by molar-refractivity contribution is 5.92. The van der Waals surface area contributed by atoms with Crippen LogP contribution in [0.3, 0.4) is 0 Å². The fraction of sp³-hybridized carbons (Fsp3) is 0.188. The number of nitriles is 1. The Kier molecular flexibility index (Phi) is 2.88. The summed E-state index contributed by atoms with van der Waals surface area (Å²) in [6.07, 6.45) is 0. The van der Waals surface area contributed by atoms with Crippen molar-refractivity contribution in [1.29, 1.82) is 5.26 Å². The first-order valence-corrected chi connectivity index (χ1v) is 6.65. The molecule has 2 aromatic heterocycles. The molecule has 0 saturated carbocycles. The summed E-state index contributed by atoms with van der Waals surface area (Å²) < 4.78 is 2.05. The summed E-state index contributed by atoms with van der Waals surface area (Å²) in [7, 11) is 0. The summed E-state index contributed by atoms with van der Waals surface area (Å²) in [5.74, 6) is 1.15. The Labute approximate surface area is 122 Å². The lowest BCUT2D eigenvalue weighted by atomic mass is 10.2. The SMILES string of the molecule is Cc1nc(N)c2c(C)c(C)n(-c3ccc(C#N)cc3)c2n1. The monoisotopic (exact) mass is 277 g/mol. The van der Waals surface area contributed by atoms with Crippen molar-refractivity contribution in [2.45, 2.75) is 20.8 Å². The van der Waals surface area contributed by atoms with Crippen LogP contribution in [0.25, 0.3) is 16.7 Å². The van der Waals surface area contributed by atoms with Crippen LogP contribution in [0.5, 0.6) is 0 Å². The summed E-state index contributed by atoms with van der Waals surface area (Å²) in [6, 6.07) is 9.55. The maximum Gasteiger partial charge on any atom is 0.150 e. The van der Waals surface area contributed by atoms with E-state index in [2.05, 4.69) is 20.6 Å². The maximum atomic E-state index is 8.91. The number of hydrogen-bond acceptors (Lipinski definition) is 4. The molecule has 0 radical (unpaired) electrons. The average molecular weight is 277 g/mol. The number of nitrogen functional groups attached to an aromatic ring is 1. The van der Waals surface area contributed by atoms with Crippen molar-refractivity contribution in [3.05, 3.63) is 46.9 Å². The molecule has 0 unspecified atom stereocenters. The molecule has 0 aliphatic rings. The minimum atomic E-state index is 0.505. The Hall–Kier alpha value is -2.87. The molecule has 3 aromatic rings.